The van der Waals surface area contributed by atoms with Gasteiger partial charge < -0.3 is 5.32 Å². The summed E-state index contributed by atoms with van der Waals surface area (Å²) in [5.41, 5.74) is 0.929. The molecule has 0 aliphatic rings. The molecule has 1 N–H and O–H groups in total. The molecule has 0 atom stereocenters. The van der Waals surface area contributed by atoms with E-state index >= 15 is 0 Å². The molecule has 0 unspecified atom stereocenters. The second kappa shape index (κ2) is 7.41. The first-order chi connectivity index (χ1) is 7.65. The molecule has 0 bridgehead atoms. The lowest BCUT2D eigenvalue weighted by molar-refractivity contribution is 0.221. The SMILES string of the molecule is CC(C)C(C)(C)CCCCCNCC(C)(C)C. The van der Waals surface area contributed by atoms with E-state index in [2.05, 4.69) is 53.8 Å². The molecular weight excluding hydrogens is 206 g/mol. The van der Waals surface area contributed by atoms with Crippen LogP contribution in [0.5, 0.6) is 0 Å². The van der Waals surface area contributed by atoms with Crippen LogP contribution in [0.3, 0.4) is 0 Å². The molecule has 1 heteroatoms. The second-order valence-electron chi connectivity index (χ2n) is 7.69. The zero-order valence-electron chi connectivity index (χ0n) is 13.3. The van der Waals surface area contributed by atoms with Crippen LogP contribution in [0, 0.1) is 16.7 Å². The van der Waals surface area contributed by atoms with E-state index in [0.717, 1.165) is 12.5 Å². The Labute approximate surface area is 110 Å². The topological polar surface area (TPSA) is 12.0 Å². The van der Waals surface area contributed by atoms with Crippen molar-refractivity contribution in [3.8, 4) is 0 Å². The normalized spacial score (nSPS) is 13.4. The van der Waals surface area contributed by atoms with Gasteiger partial charge >= 0.3 is 0 Å². The maximum atomic E-state index is 3.55. The summed E-state index contributed by atoms with van der Waals surface area (Å²) in [6.07, 6.45) is 5.43. The largest absolute Gasteiger partial charge is 0.316 e. The van der Waals surface area contributed by atoms with Crippen LogP contribution in [-0.2, 0) is 0 Å². The average molecular weight is 241 g/mol. The van der Waals surface area contributed by atoms with Crippen molar-refractivity contribution in [3.05, 3.63) is 0 Å². The van der Waals surface area contributed by atoms with Crippen LogP contribution < -0.4 is 5.32 Å². The summed E-state index contributed by atoms with van der Waals surface area (Å²) >= 11 is 0. The lowest BCUT2D eigenvalue weighted by Gasteiger charge is -2.29. The Balaban J connectivity index is 3.42. The molecular formula is C16H35N. The quantitative estimate of drug-likeness (QED) is 0.598. The molecule has 1 nitrogen and oxygen atoms in total. The predicted molar refractivity (Wildman–Crippen MR) is 79.4 cm³/mol. The highest BCUT2D eigenvalue weighted by Gasteiger charge is 2.21. The first-order valence-electron chi connectivity index (χ1n) is 7.36. The van der Waals surface area contributed by atoms with E-state index < -0.39 is 0 Å². The van der Waals surface area contributed by atoms with Crippen molar-refractivity contribution in [3.63, 3.8) is 0 Å². The Morgan fingerprint density at radius 2 is 1.47 bits per heavy atom. The van der Waals surface area contributed by atoms with E-state index in [0.29, 0.717) is 10.8 Å². The van der Waals surface area contributed by atoms with Crippen molar-refractivity contribution in [1.82, 2.24) is 5.32 Å². The lowest BCUT2D eigenvalue weighted by atomic mass is 9.77. The highest BCUT2D eigenvalue weighted by Crippen LogP contribution is 2.31. The van der Waals surface area contributed by atoms with Crippen LogP contribution in [0.2, 0.25) is 0 Å². The van der Waals surface area contributed by atoms with E-state index in [4.69, 9.17) is 0 Å². The van der Waals surface area contributed by atoms with E-state index in [1.165, 1.54) is 32.2 Å². The minimum Gasteiger partial charge on any atom is -0.316 e. The molecule has 0 spiro atoms. The summed E-state index contributed by atoms with van der Waals surface area (Å²) in [5.74, 6) is 0.793. The summed E-state index contributed by atoms with van der Waals surface area (Å²) in [5, 5.41) is 3.55. The molecule has 0 radical (unpaired) electrons. The van der Waals surface area contributed by atoms with Crippen molar-refractivity contribution < 1.29 is 0 Å². The number of hydrogen-bond donors (Lipinski definition) is 1. The van der Waals surface area contributed by atoms with Gasteiger partial charge in [-0.15, -0.1) is 0 Å². The minimum atomic E-state index is 0.416. The maximum absolute atomic E-state index is 3.55. The molecule has 0 saturated carbocycles. The molecule has 0 aromatic heterocycles. The van der Waals surface area contributed by atoms with Crippen molar-refractivity contribution in [2.24, 2.45) is 16.7 Å². The lowest BCUT2D eigenvalue weighted by Crippen LogP contribution is -2.27. The zero-order valence-corrected chi connectivity index (χ0v) is 13.3. The van der Waals surface area contributed by atoms with Crippen LogP contribution in [0.25, 0.3) is 0 Å². The molecule has 0 aliphatic heterocycles. The first kappa shape index (κ1) is 17.0. The van der Waals surface area contributed by atoms with Gasteiger partial charge in [0.2, 0.25) is 0 Å². The Hall–Kier alpha value is -0.0400. The monoisotopic (exact) mass is 241 g/mol. The third-order valence-electron chi connectivity index (χ3n) is 3.89. The molecule has 0 amide bonds. The van der Waals surface area contributed by atoms with Crippen LogP contribution in [0.4, 0.5) is 0 Å². The van der Waals surface area contributed by atoms with Gasteiger partial charge in [-0.1, -0.05) is 61.3 Å². The molecule has 0 heterocycles. The molecule has 17 heavy (non-hydrogen) atoms. The van der Waals surface area contributed by atoms with Gasteiger partial charge in [-0.2, -0.15) is 0 Å². The molecule has 0 aromatic carbocycles. The summed E-state index contributed by atoms with van der Waals surface area (Å²) in [6, 6.07) is 0. The highest BCUT2D eigenvalue weighted by atomic mass is 14.9. The fraction of sp³-hybridized carbons (Fsp3) is 1.00. The fourth-order valence-corrected chi connectivity index (χ4v) is 1.76. The smallest absolute Gasteiger partial charge is 0.0000126 e. The second-order valence-corrected chi connectivity index (χ2v) is 7.69. The fourth-order valence-electron chi connectivity index (χ4n) is 1.76. The van der Waals surface area contributed by atoms with Crippen LogP contribution in [-0.4, -0.2) is 13.1 Å². The number of unbranched alkanes of at least 4 members (excludes halogenated alkanes) is 2. The van der Waals surface area contributed by atoms with Gasteiger partial charge in [0.25, 0.3) is 0 Å². The Kier molecular flexibility index (Phi) is 7.39. The molecule has 0 aromatic rings. The summed E-state index contributed by atoms with van der Waals surface area (Å²) < 4.78 is 0. The van der Waals surface area contributed by atoms with Crippen molar-refractivity contribution >= 4 is 0 Å². The van der Waals surface area contributed by atoms with E-state index in [-0.39, 0.29) is 0 Å². The zero-order chi connectivity index (χ0) is 13.5. The van der Waals surface area contributed by atoms with Gasteiger partial charge in [-0.05, 0) is 42.7 Å². The first-order valence-corrected chi connectivity index (χ1v) is 7.36. The van der Waals surface area contributed by atoms with Crippen LogP contribution in [0.1, 0.15) is 74.1 Å². The van der Waals surface area contributed by atoms with Crippen LogP contribution >= 0.6 is 0 Å². The number of nitrogens with one attached hydrogen (secondary N) is 1. The highest BCUT2D eigenvalue weighted by molar-refractivity contribution is 4.72. The molecule has 0 rings (SSSR count). The van der Waals surface area contributed by atoms with Gasteiger partial charge in [0.1, 0.15) is 0 Å². The third kappa shape index (κ3) is 9.64. The number of hydrogen-bond acceptors (Lipinski definition) is 1. The van der Waals surface area contributed by atoms with Gasteiger partial charge in [-0.3, -0.25) is 0 Å². The van der Waals surface area contributed by atoms with Crippen molar-refractivity contribution in [1.29, 1.82) is 0 Å². The van der Waals surface area contributed by atoms with E-state index in [1.54, 1.807) is 0 Å². The molecule has 104 valence electrons. The molecule has 0 saturated heterocycles. The Morgan fingerprint density at radius 3 is 1.94 bits per heavy atom. The van der Waals surface area contributed by atoms with Gasteiger partial charge in [-0.25, -0.2) is 0 Å². The molecule has 0 fully saturated rings. The third-order valence-corrected chi connectivity index (χ3v) is 3.89. The number of rotatable bonds is 8. The van der Waals surface area contributed by atoms with Gasteiger partial charge in [0.05, 0.1) is 0 Å². The predicted octanol–water partition coefficient (Wildman–Crippen LogP) is 4.86. The minimum absolute atomic E-state index is 0.416. The molecule has 0 aliphatic carbocycles. The van der Waals surface area contributed by atoms with Crippen molar-refractivity contribution in [2.75, 3.05) is 13.1 Å². The standard InChI is InChI=1S/C16H35N/c1-14(2)16(6,7)11-9-8-10-12-17-13-15(3,4)5/h14,17H,8-13H2,1-7H3. The summed E-state index contributed by atoms with van der Waals surface area (Å²) in [6.45, 7) is 18.6. The Bertz CT molecular complexity index is 186. The summed E-state index contributed by atoms with van der Waals surface area (Å²) in [7, 11) is 0. The summed E-state index contributed by atoms with van der Waals surface area (Å²) in [4.78, 5) is 0. The van der Waals surface area contributed by atoms with E-state index in [9.17, 15) is 0 Å². The van der Waals surface area contributed by atoms with Gasteiger partial charge in [0.15, 0.2) is 0 Å². The average Bonchev–Trinajstić information content (AvgIpc) is 2.14. The van der Waals surface area contributed by atoms with E-state index in [1.807, 2.05) is 0 Å². The Morgan fingerprint density at radius 1 is 0.882 bits per heavy atom. The van der Waals surface area contributed by atoms with Gasteiger partial charge in [0, 0.05) is 0 Å². The maximum Gasteiger partial charge on any atom is -0.0000126 e. The van der Waals surface area contributed by atoms with Crippen LogP contribution in [0.15, 0.2) is 0 Å². The van der Waals surface area contributed by atoms with Crippen molar-refractivity contribution in [2.45, 2.75) is 74.1 Å².